The number of hydrogen-bond donors (Lipinski definition) is 3. The second kappa shape index (κ2) is 8.48. The van der Waals surface area contributed by atoms with Crippen molar-refractivity contribution in [1.82, 2.24) is 5.32 Å². The first-order valence-electron chi connectivity index (χ1n) is 6.50. The molecule has 17 heavy (non-hydrogen) atoms. The molecule has 0 aromatic carbocycles. The van der Waals surface area contributed by atoms with E-state index in [0.717, 1.165) is 6.42 Å². The van der Waals surface area contributed by atoms with Crippen molar-refractivity contribution in [3.05, 3.63) is 0 Å². The molecular formula is C13H28N2O2. The predicted molar refractivity (Wildman–Crippen MR) is 70.5 cm³/mol. The fourth-order valence-electron chi connectivity index (χ4n) is 1.80. The molecule has 0 bridgehead atoms. The van der Waals surface area contributed by atoms with Gasteiger partial charge in [0, 0.05) is 19.1 Å². The van der Waals surface area contributed by atoms with E-state index in [1.807, 2.05) is 13.8 Å². The summed E-state index contributed by atoms with van der Waals surface area (Å²) in [4.78, 5) is 11.8. The van der Waals surface area contributed by atoms with Gasteiger partial charge in [0.05, 0.1) is 0 Å². The van der Waals surface area contributed by atoms with Crippen molar-refractivity contribution < 1.29 is 9.90 Å². The molecule has 0 aromatic heterocycles. The van der Waals surface area contributed by atoms with Gasteiger partial charge < -0.3 is 16.2 Å². The number of nitrogens with two attached hydrogens (primary N) is 1. The Labute approximate surface area is 105 Å². The molecule has 102 valence electrons. The van der Waals surface area contributed by atoms with Crippen molar-refractivity contribution in [3.8, 4) is 0 Å². The normalized spacial score (nSPS) is 16.6. The van der Waals surface area contributed by atoms with Crippen LogP contribution in [0.5, 0.6) is 0 Å². The van der Waals surface area contributed by atoms with Gasteiger partial charge in [-0.1, -0.05) is 20.8 Å². The number of aliphatic hydroxyl groups is 1. The first-order chi connectivity index (χ1) is 7.90. The Bertz CT molecular complexity index is 219. The van der Waals surface area contributed by atoms with Gasteiger partial charge in [0.2, 0.25) is 5.91 Å². The summed E-state index contributed by atoms with van der Waals surface area (Å²) in [5, 5.41) is 11.9. The van der Waals surface area contributed by atoms with Crippen LogP contribution in [0.15, 0.2) is 0 Å². The van der Waals surface area contributed by atoms with Crippen LogP contribution in [0.1, 0.15) is 40.5 Å². The lowest BCUT2D eigenvalue weighted by molar-refractivity contribution is -0.123. The molecule has 0 fully saturated rings. The maximum absolute atomic E-state index is 11.8. The molecule has 0 heterocycles. The van der Waals surface area contributed by atoms with E-state index in [-0.39, 0.29) is 30.4 Å². The Morgan fingerprint density at radius 2 is 1.88 bits per heavy atom. The van der Waals surface area contributed by atoms with Crippen LogP contribution in [-0.4, -0.2) is 30.2 Å². The van der Waals surface area contributed by atoms with Crippen LogP contribution in [0, 0.1) is 17.8 Å². The molecule has 4 N–H and O–H groups in total. The van der Waals surface area contributed by atoms with Gasteiger partial charge in [-0.25, -0.2) is 0 Å². The van der Waals surface area contributed by atoms with Gasteiger partial charge in [0.15, 0.2) is 0 Å². The van der Waals surface area contributed by atoms with Crippen LogP contribution in [0.4, 0.5) is 0 Å². The topological polar surface area (TPSA) is 75.4 Å². The second-order valence-corrected chi connectivity index (χ2v) is 5.45. The highest BCUT2D eigenvalue weighted by Crippen LogP contribution is 2.14. The Balaban J connectivity index is 4.06. The zero-order valence-electron chi connectivity index (χ0n) is 11.6. The van der Waals surface area contributed by atoms with Crippen LogP contribution in [-0.2, 0) is 4.79 Å². The summed E-state index contributed by atoms with van der Waals surface area (Å²) < 4.78 is 0. The van der Waals surface area contributed by atoms with Gasteiger partial charge in [-0.2, -0.15) is 0 Å². The number of amides is 1. The minimum Gasteiger partial charge on any atom is -0.396 e. The third-order valence-electron chi connectivity index (χ3n) is 3.14. The fourth-order valence-corrected chi connectivity index (χ4v) is 1.80. The Morgan fingerprint density at radius 3 is 2.29 bits per heavy atom. The molecule has 4 heteroatoms. The molecule has 4 nitrogen and oxygen atoms in total. The summed E-state index contributed by atoms with van der Waals surface area (Å²) in [6.45, 7) is 8.75. The Kier molecular flexibility index (Phi) is 8.17. The SMILES string of the molecule is CC(C)CC(CN)CC(=O)NC(C)C(C)CO. The highest BCUT2D eigenvalue weighted by atomic mass is 16.3. The van der Waals surface area contributed by atoms with E-state index in [1.54, 1.807) is 0 Å². The number of nitrogens with one attached hydrogen (secondary N) is 1. The van der Waals surface area contributed by atoms with Crippen molar-refractivity contribution in [2.75, 3.05) is 13.2 Å². The van der Waals surface area contributed by atoms with E-state index >= 15 is 0 Å². The van der Waals surface area contributed by atoms with Crippen LogP contribution in [0.25, 0.3) is 0 Å². The Morgan fingerprint density at radius 1 is 1.29 bits per heavy atom. The fraction of sp³-hybridized carbons (Fsp3) is 0.923. The van der Waals surface area contributed by atoms with E-state index in [4.69, 9.17) is 10.8 Å². The summed E-state index contributed by atoms with van der Waals surface area (Å²) in [6, 6.07) is 0.00461. The van der Waals surface area contributed by atoms with Crippen LogP contribution in [0.3, 0.4) is 0 Å². The molecule has 0 saturated carbocycles. The largest absolute Gasteiger partial charge is 0.396 e. The molecule has 0 aromatic rings. The molecule has 0 rings (SSSR count). The molecule has 0 radical (unpaired) electrons. The first kappa shape index (κ1) is 16.4. The minimum atomic E-state index is 0.00461. The number of carbonyl (C=O) groups is 1. The average Bonchev–Trinajstić information content (AvgIpc) is 2.25. The highest BCUT2D eigenvalue weighted by molar-refractivity contribution is 5.76. The quantitative estimate of drug-likeness (QED) is 0.599. The standard InChI is InChI=1S/C13H28N2O2/c1-9(2)5-12(7-14)6-13(17)15-11(4)10(3)8-16/h9-12,16H,5-8,14H2,1-4H3,(H,15,17). The molecule has 3 unspecified atom stereocenters. The summed E-state index contributed by atoms with van der Waals surface area (Å²) >= 11 is 0. The van der Waals surface area contributed by atoms with Gasteiger partial charge in [0.1, 0.15) is 0 Å². The molecule has 1 amide bonds. The van der Waals surface area contributed by atoms with Gasteiger partial charge in [-0.05, 0) is 37.6 Å². The number of aliphatic hydroxyl groups excluding tert-OH is 1. The third kappa shape index (κ3) is 7.34. The average molecular weight is 244 g/mol. The van der Waals surface area contributed by atoms with Gasteiger partial charge >= 0.3 is 0 Å². The van der Waals surface area contributed by atoms with E-state index in [0.29, 0.717) is 18.9 Å². The van der Waals surface area contributed by atoms with Crippen molar-refractivity contribution >= 4 is 5.91 Å². The number of carbonyl (C=O) groups excluding carboxylic acids is 1. The monoisotopic (exact) mass is 244 g/mol. The van der Waals surface area contributed by atoms with E-state index < -0.39 is 0 Å². The van der Waals surface area contributed by atoms with Gasteiger partial charge in [-0.15, -0.1) is 0 Å². The summed E-state index contributed by atoms with van der Waals surface area (Å²) in [7, 11) is 0. The maximum atomic E-state index is 11.8. The summed E-state index contributed by atoms with van der Waals surface area (Å²) in [5.74, 6) is 0.936. The van der Waals surface area contributed by atoms with Gasteiger partial charge in [-0.3, -0.25) is 4.79 Å². The van der Waals surface area contributed by atoms with Crippen molar-refractivity contribution in [3.63, 3.8) is 0 Å². The van der Waals surface area contributed by atoms with E-state index in [1.165, 1.54) is 0 Å². The van der Waals surface area contributed by atoms with Gasteiger partial charge in [0.25, 0.3) is 0 Å². The molecule has 0 saturated heterocycles. The summed E-state index contributed by atoms with van der Waals surface area (Å²) in [5.41, 5.74) is 5.67. The van der Waals surface area contributed by atoms with Crippen molar-refractivity contribution in [1.29, 1.82) is 0 Å². The lowest BCUT2D eigenvalue weighted by Crippen LogP contribution is -2.39. The Hall–Kier alpha value is -0.610. The minimum absolute atomic E-state index is 0.00461. The highest BCUT2D eigenvalue weighted by Gasteiger charge is 2.17. The number of hydrogen-bond acceptors (Lipinski definition) is 3. The second-order valence-electron chi connectivity index (χ2n) is 5.45. The van der Waals surface area contributed by atoms with E-state index in [2.05, 4.69) is 19.2 Å². The van der Waals surface area contributed by atoms with Crippen LogP contribution >= 0.6 is 0 Å². The van der Waals surface area contributed by atoms with Crippen molar-refractivity contribution in [2.24, 2.45) is 23.5 Å². The molecule has 0 aliphatic rings. The first-order valence-corrected chi connectivity index (χ1v) is 6.50. The van der Waals surface area contributed by atoms with Crippen LogP contribution in [0.2, 0.25) is 0 Å². The zero-order valence-corrected chi connectivity index (χ0v) is 11.6. The van der Waals surface area contributed by atoms with E-state index in [9.17, 15) is 4.79 Å². The molecule has 3 atom stereocenters. The molecular weight excluding hydrogens is 216 g/mol. The molecule has 0 aliphatic heterocycles. The van der Waals surface area contributed by atoms with Crippen LogP contribution < -0.4 is 11.1 Å². The predicted octanol–water partition coefficient (Wildman–Crippen LogP) is 1.13. The third-order valence-corrected chi connectivity index (χ3v) is 3.14. The maximum Gasteiger partial charge on any atom is 0.220 e. The van der Waals surface area contributed by atoms with Crippen molar-refractivity contribution in [2.45, 2.75) is 46.6 Å². The lowest BCUT2D eigenvalue weighted by atomic mass is 9.93. The molecule has 0 spiro atoms. The lowest BCUT2D eigenvalue weighted by Gasteiger charge is -2.22. The summed E-state index contributed by atoms with van der Waals surface area (Å²) in [6.07, 6.45) is 1.46. The zero-order chi connectivity index (χ0) is 13.4. The number of rotatable bonds is 8. The smallest absolute Gasteiger partial charge is 0.220 e. The molecule has 0 aliphatic carbocycles.